The maximum Gasteiger partial charge on any atom is 0.416 e. The second-order valence-electron chi connectivity index (χ2n) is 7.98. The molecule has 10 heteroatoms. The first-order valence-corrected chi connectivity index (χ1v) is 10.1. The van der Waals surface area contributed by atoms with E-state index in [0.717, 1.165) is 6.07 Å². The number of alkyl halides is 3. The number of carbonyl (C=O) groups is 2. The molecule has 7 nitrogen and oxygen atoms in total. The lowest BCUT2D eigenvalue weighted by atomic mass is 10.0. The number of morpholine rings is 1. The molecule has 0 aromatic heterocycles. The van der Waals surface area contributed by atoms with E-state index in [0.29, 0.717) is 32.0 Å². The summed E-state index contributed by atoms with van der Waals surface area (Å²) in [5, 5.41) is 6.07. The van der Waals surface area contributed by atoms with Crippen molar-refractivity contribution in [3.8, 4) is 0 Å². The maximum atomic E-state index is 13.4. The van der Waals surface area contributed by atoms with Crippen LogP contribution >= 0.6 is 0 Å². The van der Waals surface area contributed by atoms with Gasteiger partial charge in [-0.15, -0.1) is 0 Å². The van der Waals surface area contributed by atoms with Crippen LogP contribution in [-0.4, -0.2) is 61.4 Å². The van der Waals surface area contributed by atoms with Crippen molar-refractivity contribution in [1.29, 1.82) is 0 Å². The molecule has 1 aromatic rings. The zero-order valence-corrected chi connectivity index (χ0v) is 16.7. The highest BCUT2D eigenvalue weighted by Gasteiger charge is 2.41. The number of fused-ring (bicyclic) bond motifs is 1. The fraction of sp³-hybridized carbons (Fsp3) is 0.600. The van der Waals surface area contributed by atoms with Crippen LogP contribution in [0, 0.1) is 0 Å². The number of anilines is 1. The van der Waals surface area contributed by atoms with Gasteiger partial charge >= 0.3 is 6.18 Å². The average molecular weight is 426 g/mol. The smallest absolute Gasteiger partial charge is 0.379 e. The Kier molecular flexibility index (Phi) is 5.73. The molecule has 2 N–H and O–H groups in total. The summed E-state index contributed by atoms with van der Waals surface area (Å²) in [6.45, 7) is 4.31. The summed E-state index contributed by atoms with van der Waals surface area (Å²) in [6, 6.07) is 3.55. The van der Waals surface area contributed by atoms with Gasteiger partial charge < -0.3 is 15.0 Å². The van der Waals surface area contributed by atoms with Crippen LogP contribution < -0.4 is 15.5 Å². The van der Waals surface area contributed by atoms with Crippen molar-refractivity contribution in [2.75, 3.05) is 31.2 Å². The van der Waals surface area contributed by atoms with Crippen molar-refractivity contribution in [2.24, 2.45) is 0 Å². The number of benzene rings is 1. The SMILES string of the molecule is CC1Cc2c(cccc2C(F)(F)F)N1C(=O)CC1NC(=O)CC(N2CCOCC2)N1. The van der Waals surface area contributed by atoms with Gasteiger partial charge in [0.2, 0.25) is 11.8 Å². The molecule has 1 aromatic carbocycles. The van der Waals surface area contributed by atoms with Crippen molar-refractivity contribution in [3.05, 3.63) is 29.3 Å². The average Bonchev–Trinajstić information content (AvgIpc) is 3.03. The summed E-state index contributed by atoms with van der Waals surface area (Å²) in [5.41, 5.74) is -0.245. The minimum atomic E-state index is -4.46. The minimum absolute atomic E-state index is 0.0351. The fourth-order valence-electron chi connectivity index (χ4n) is 4.55. The van der Waals surface area contributed by atoms with Gasteiger partial charge in [-0.2, -0.15) is 13.2 Å². The highest BCUT2D eigenvalue weighted by Crippen LogP contribution is 2.41. The van der Waals surface area contributed by atoms with E-state index in [1.165, 1.54) is 11.0 Å². The van der Waals surface area contributed by atoms with Gasteiger partial charge in [-0.3, -0.25) is 19.8 Å². The molecule has 3 unspecified atom stereocenters. The Bertz CT molecular complexity index is 826. The van der Waals surface area contributed by atoms with E-state index in [-0.39, 0.29) is 48.8 Å². The normalized spacial score (nSPS) is 27.7. The standard InChI is InChI=1S/C20H25F3N4O3/c1-12-9-13-14(20(21,22)23)3-2-4-15(13)27(12)19(29)10-16-24-17(11-18(28)25-16)26-5-7-30-8-6-26/h2-4,12,16-17,24H,5-11H2,1H3,(H,25,28). The third-order valence-corrected chi connectivity index (χ3v) is 5.90. The van der Waals surface area contributed by atoms with E-state index in [1.54, 1.807) is 13.0 Å². The summed E-state index contributed by atoms with van der Waals surface area (Å²) < 4.78 is 45.4. The lowest BCUT2D eigenvalue weighted by Gasteiger charge is -2.40. The van der Waals surface area contributed by atoms with Gasteiger partial charge in [-0.25, -0.2) is 0 Å². The second kappa shape index (κ2) is 8.16. The van der Waals surface area contributed by atoms with Crippen LogP contribution in [0.3, 0.4) is 0 Å². The molecule has 2 amide bonds. The Labute approximate surface area is 172 Å². The Hall–Kier alpha value is -2.17. The first kappa shape index (κ1) is 21.1. The van der Waals surface area contributed by atoms with Crippen molar-refractivity contribution in [2.45, 2.75) is 50.7 Å². The molecule has 3 aliphatic heterocycles. The van der Waals surface area contributed by atoms with Gasteiger partial charge in [0.25, 0.3) is 0 Å². The number of carbonyl (C=O) groups excluding carboxylic acids is 2. The molecule has 3 aliphatic rings. The molecule has 0 spiro atoms. The molecule has 0 bridgehead atoms. The highest BCUT2D eigenvalue weighted by atomic mass is 19.4. The Morgan fingerprint density at radius 3 is 2.67 bits per heavy atom. The van der Waals surface area contributed by atoms with E-state index < -0.39 is 17.9 Å². The van der Waals surface area contributed by atoms with Crippen LogP contribution in [0.25, 0.3) is 0 Å². The molecule has 4 rings (SSSR count). The lowest BCUT2D eigenvalue weighted by Crippen LogP contribution is -2.64. The largest absolute Gasteiger partial charge is 0.416 e. The second-order valence-corrected chi connectivity index (χ2v) is 7.98. The van der Waals surface area contributed by atoms with Crippen LogP contribution in [0.4, 0.5) is 18.9 Å². The number of nitrogens with zero attached hydrogens (tertiary/aromatic N) is 2. The molecule has 164 valence electrons. The first-order chi connectivity index (χ1) is 14.2. The van der Waals surface area contributed by atoms with E-state index in [2.05, 4.69) is 15.5 Å². The minimum Gasteiger partial charge on any atom is -0.379 e. The zero-order chi connectivity index (χ0) is 21.5. The molecule has 3 heterocycles. The number of halogens is 3. The Balaban J connectivity index is 1.48. The van der Waals surface area contributed by atoms with Crippen LogP contribution in [0.1, 0.15) is 30.9 Å². The summed E-state index contributed by atoms with van der Waals surface area (Å²) in [6.07, 6.45) is -4.84. The predicted molar refractivity (Wildman–Crippen MR) is 103 cm³/mol. The van der Waals surface area contributed by atoms with Crippen LogP contribution in [0.5, 0.6) is 0 Å². The molecule has 0 saturated carbocycles. The third kappa shape index (κ3) is 4.17. The predicted octanol–water partition coefficient (Wildman–Crippen LogP) is 1.47. The quantitative estimate of drug-likeness (QED) is 0.766. The number of hydrogen-bond donors (Lipinski definition) is 2. The number of nitrogens with one attached hydrogen (secondary N) is 2. The van der Waals surface area contributed by atoms with Gasteiger partial charge in [0, 0.05) is 24.8 Å². The van der Waals surface area contributed by atoms with Crippen LogP contribution in [-0.2, 0) is 26.9 Å². The number of rotatable bonds is 3. The molecule has 3 atom stereocenters. The lowest BCUT2D eigenvalue weighted by molar-refractivity contribution is -0.138. The van der Waals surface area contributed by atoms with Gasteiger partial charge in [0.15, 0.2) is 0 Å². The van der Waals surface area contributed by atoms with Gasteiger partial charge in [-0.05, 0) is 31.0 Å². The summed E-state index contributed by atoms with van der Waals surface area (Å²) in [5.74, 6) is -0.474. The zero-order valence-electron chi connectivity index (χ0n) is 16.7. The van der Waals surface area contributed by atoms with Gasteiger partial charge in [0.05, 0.1) is 44.0 Å². The third-order valence-electron chi connectivity index (χ3n) is 5.90. The summed E-state index contributed by atoms with van der Waals surface area (Å²) in [7, 11) is 0. The molecule has 0 radical (unpaired) electrons. The molecular formula is C20H25F3N4O3. The first-order valence-electron chi connectivity index (χ1n) is 10.1. The number of ether oxygens (including phenoxy) is 1. The molecule has 2 fully saturated rings. The summed E-state index contributed by atoms with van der Waals surface area (Å²) >= 11 is 0. The van der Waals surface area contributed by atoms with E-state index in [4.69, 9.17) is 4.74 Å². The van der Waals surface area contributed by atoms with Crippen molar-refractivity contribution in [3.63, 3.8) is 0 Å². The maximum absolute atomic E-state index is 13.4. The molecule has 30 heavy (non-hydrogen) atoms. The summed E-state index contributed by atoms with van der Waals surface area (Å²) in [4.78, 5) is 28.8. The van der Waals surface area contributed by atoms with Gasteiger partial charge in [0.1, 0.15) is 0 Å². The number of hydrogen-bond acceptors (Lipinski definition) is 5. The van der Waals surface area contributed by atoms with E-state index in [1.807, 2.05) is 0 Å². The molecular weight excluding hydrogens is 401 g/mol. The van der Waals surface area contributed by atoms with Crippen molar-refractivity contribution in [1.82, 2.24) is 15.5 Å². The number of amides is 2. The van der Waals surface area contributed by atoms with Crippen LogP contribution in [0.2, 0.25) is 0 Å². The van der Waals surface area contributed by atoms with Crippen molar-refractivity contribution < 1.29 is 27.5 Å². The molecule has 0 aliphatic carbocycles. The van der Waals surface area contributed by atoms with Crippen LogP contribution in [0.15, 0.2) is 18.2 Å². The van der Waals surface area contributed by atoms with Gasteiger partial charge in [-0.1, -0.05) is 6.07 Å². The monoisotopic (exact) mass is 426 g/mol. The highest BCUT2D eigenvalue weighted by molar-refractivity contribution is 5.97. The Morgan fingerprint density at radius 1 is 1.23 bits per heavy atom. The fourth-order valence-corrected chi connectivity index (χ4v) is 4.55. The van der Waals surface area contributed by atoms with E-state index in [9.17, 15) is 22.8 Å². The van der Waals surface area contributed by atoms with E-state index >= 15 is 0 Å². The molecule has 2 saturated heterocycles. The topological polar surface area (TPSA) is 73.9 Å². The Morgan fingerprint density at radius 2 is 1.97 bits per heavy atom. The van der Waals surface area contributed by atoms with Crippen molar-refractivity contribution >= 4 is 17.5 Å².